The lowest BCUT2D eigenvalue weighted by Gasteiger charge is -2.18. The highest BCUT2D eigenvalue weighted by Crippen LogP contribution is 2.40. The lowest BCUT2D eigenvalue weighted by Crippen LogP contribution is -2.21. The highest BCUT2D eigenvalue weighted by molar-refractivity contribution is 6.32. The SMILES string of the molecule is FC(F)(F)c1cccc(Cl)c1OC1CCNC1. The number of para-hydroxylation sites is 1. The number of alkyl halides is 3. The van der Waals surface area contributed by atoms with E-state index in [0.29, 0.717) is 13.0 Å². The zero-order chi connectivity index (χ0) is 12.5. The van der Waals surface area contributed by atoms with Crippen molar-refractivity contribution >= 4 is 11.6 Å². The molecule has 2 nitrogen and oxygen atoms in total. The van der Waals surface area contributed by atoms with Crippen molar-refractivity contribution in [1.82, 2.24) is 5.32 Å². The topological polar surface area (TPSA) is 21.3 Å². The van der Waals surface area contributed by atoms with Gasteiger partial charge < -0.3 is 10.1 Å². The zero-order valence-electron chi connectivity index (χ0n) is 8.85. The molecule has 1 aromatic rings. The van der Waals surface area contributed by atoms with Crippen LogP contribution >= 0.6 is 11.6 Å². The quantitative estimate of drug-likeness (QED) is 0.887. The number of nitrogens with one attached hydrogen (secondary N) is 1. The molecule has 1 N–H and O–H groups in total. The lowest BCUT2D eigenvalue weighted by atomic mass is 10.2. The second-order valence-corrected chi connectivity index (χ2v) is 4.25. The molecule has 0 amide bonds. The molecule has 94 valence electrons. The fourth-order valence-electron chi connectivity index (χ4n) is 1.75. The predicted octanol–water partition coefficient (Wildman–Crippen LogP) is 3.10. The van der Waals surface area contributed by atoms with Crippen LogP contribution in [-0.2, 0) is 6.18 Å². The van der Waals surface area contributed by atoms with Crippen LogP contribution in [-0.4, -0.2) is 19.2 Å². The Morgan fingerprint density at radius 1 is 1.35 bits per heavy atom. The highest BCUT2D eigenvalue weighted by atomic mass is 35.5. The van der Waals surface area contributed by atoms with E-state index in [4.69, 9.17) is 16.3 Å². The number of ether oxygens (including phenoxy) is 1. The van der Waals surface area contributed by atoms with Gasteiger partial charge >= 0.3 is 6.18 Å². The van der Waals surface area contributed by atoms with Gasteiger partial charge in [-0.1, -0.05) is 17.7 Å². The molecule has 0 aliphatic carbocycles. The molecule has 2 rings (SSSR count). The maximum Gasteiger partial charge on any atom is 0.420 e. The first-order valence-corrected chi connectivity index (χ1v) is 5.59. The Balaban J connectivity index is 2.30. The predicted molar refractivity (Wildman–Crippen MR) is 58.4 cm³/mol. The highest BCUT2D eigenvalue weighted by Gasteiger charge is 2.36. The first kappa shape index (κ1) is 12.5. The molecule has 1 aliphatic heterocycles. The van der Waals surface area contributed by atoms with Gasteiger partial charge in [-0.25, -0.2) is 0 Å². The first-order chi connectivity index (χ1) is 7.98. The molecule has 0 aromatic heterocycles. The van der Waals surface area contributed by atoms with Crippen molar-refractivity contribution in [3.8, 4) is 5.75 Å². The van der Waals surface area contributed by atoms with E-state index in [9.17, 15) is 13.2 Å². The van der Waals surface area contributed by atoms with Gasteiger partial charge in [-0.05, 0) is 25.1 Å². The molecule has 1 unspecified atom stereocenters. The Morgan fingerprint density at radius 3 is 2.71 bits per heavy atom. The Morgan fingerprint density at radius 2 is 2.12 bits per heavy atom. The zero-order valence-corrected chi connectivity index (χ0v) is 9.61. The molecule has 1 aliphatic rings. The average molecular weight is 266 g/mol. The standard InChI is InChI=1S/C11H11ClF3NO/c12-9-3-1-2-8(11(13,14)15)10(9)17-7-4-5-16-6-7/h1-3,7,16H,4-6H2. The lowest BCUT2D eigenvalue weighted by molar-refractivity contribution is -0.139. The minimum atomic E-state index is -4.45. The Hall–Kier alpha value is -0.940. The van der Waals surface area contributed by atoms with Crippen LogP contribution in [0.15, 0.2) is 18.2 Å². The Kier molecular flexibility index (Phi) is 3.49. The number of hydrogen-bond donors (Lipinski definition) is 1. The van der Waals surface area contributed by atoms with Gasteiger partial charge in [-0.2, -0.15) is 13.2 Å². The molecule has 1 saturated heterocycles. The van der Waals surface area contributed by atoms with Crippen molar-refractivity contribution in [3.63, 3.8) is 0 Å². The summed E-state index contributed by atoms with van der Waals surface area (Å²) in [7, 11) is 0. The van der Waals surface area contributed by atoms with E-state index in [0.717, 1.165) is 12.6 Å². The van der Waals surface area contributed by atoms with Crippen LogP contribution < -0.4 is 10.1 Å². The summed E-state index contributed by atoms with van der Waals surface area (Å²) in [5.74, 6) is -0.268. The van der Waals surface area contributed by atoms with Gasteiger partial charge in [-0.15, -0.1) is 0 Å². The van der Waals surface area contributed by atoms with Crippen LogP contribution in [0.4, 0.5) is 13.2 Å². The molecule has 17 heavy (non-hydrogen) atoms. The average Bonchev–Trinajstić information content (AvgIpc) is 2.72. The van der Waals surface area contributed by atoms with Crippen LogP contribution in [0.1, 0.15) is 12.0 Å². The van der Waals surface area contributed by atoms with Crippen LogP contribution in [0, 0.1) is 0 Å². The normalized spacial score (nSPS) is 20.6. The smallest absolute Gasteiger partial charge is 0.420 e. The Bertz CT molecular complexity index is 402. The molecule has 6 heteroatoms. The van der Waals surface area contributed by atoms with Crippen LogP contribution in [0.5, 0.6) is 5.75 Å². The number of hydrogen-bond acceptors (Lipinski definition) is 2. The second kappa shape index (κ2) is 4.74. The molecule has 0 bridgehead atoms. The minimum absolute atomic E-state index is 0.00766. The fraction of sp³-hybridized carbons (Fsp3) is 0.455. The molecule has 1 fully saturated rings. The summed E-state index contributed by atoms with van der Waals surface area (Å²) < 4.78 is 43.6. The van der Waals surface area contributed by atoms with Gasteiger partial charge in [-0.3, -0.25) is 0 Å². The summed E-state index contributed by atoms with van der Waals surface area (Å²) in [6, 6.07) is 3.64. The maximum atomic E-state index is 12.7. The summed E-state index contributed by atoms with van der Waals surface area (Å²) >= 11 is 5.77. The van der Waals surface area contributed by atoms with Crippen molar-refractivity contribution in [2.45, 2.75) is 18.7 Å². The molecule has 0 saturated carbocycles. The third-order valence-corrected chi connectivity index (χ3v) is 2.87. The summed E-state index contributed by atoms with van der Waals surface area (Å²) in [6.45, 7) is 1.29. The molecule has 0 spiro atoms. The molecule has 1 atom stereocenters. The van der Waals surface area contributed by atoms with Gasteiger partial charge in [0, 0.05) is 6.54 Å². The van der Waals surface area contributed by atoms with Crippen LogP contribution in [0.3, 0.4) is 0 Å². The Labute approximate surface area is 102 Å². The molecule has 1 aromatic carbocycles. The van der Waals surface area contributed by atoms with Gasteiger partial charge in [0.1, 0.15) is 6.10 Å². The van der Waals surface area contributed by atoms with Crippen molar-refractivity contribution in [3.05, 3.63) is 28.8 Å². The van der Waals surface area contributed by atoms with Crippen LogP contribution in [0.2, 0.25) is 5.02 Å². The van der Waals surface area contributed by atoms with Crippen LogP contribution in [0.25, 0.3) is 0 Å². The molecular weight excluding hydrogens is 255 g/mol. The molecule has 1 heterocycles. The van der Waals surface area contributed by atoms with E-state index in [2.05, 4.69) is 5.32 Å². The third kappa shape index (κ3) is 2.84. The van der Waals surface area contributed by atoms with Gasteiger partial charge in [0.05, 0.1) is 10.6 Å². The monoisotopic (exact) mass is 265 g/mol. The maximum absolute atomic E-state index is 12.7. The van der Waals surface area contributed by atoms with E-state index in [1.807, 2.05) is 0 Å². The summed E-state index contributed by atoms with van der Waals surface area (Å²) in [5, 5.41) is 3.01. The van der Waals surface area contributed by atoms with E-state index >= 15 is 0 Å². The summed E-state index contributed by atoms with van der Waals surface area (Å²) in [6.07, 6.45) is -4.02. The van der Waals surface area contributed by atoms with Crippen molar-refractivity contribution in [2.24, 2.45) is 0 Å². The first-order valence-electron chi connectivity index (χ1n) is 5.21. The van der Waals surface area contributed by atoms with E-state index in [-0.39, 0.29) is 16.9 Å². The van der Waals surface area contributed by atoms with Crippen molar-refractivity contribution in [1.29, 1.82) is 0 Å². The van der Waals surface area contributed by atoms with E-state index in [1.54, 1.807) is 0 Å². The third-order valence-electron chi connectivity index (χ3n) is 2.57. The number of benzene rings is 1. The molecule has 0 radical (unpaired) electrons. The summed E-state index contributed by atoms with van der Waals surface area (Å²) in [5.41, 5.74) is -0.822. The summed E-state index contributed by atoms with van der Waals surface area (Å²) in [4.78, 5) is 0. The van der Waals surface area contributed by atoms with E-state index < -0.39 is 11.7 Å². The van der Waals surface area contributed by atoms with Gasteiger partial charge in [0.2, 0.25) is 0 Å². The number of halogens is 4. The second-order valence-electron chi connectivity index (χ2n) is 3.85. The van der Waals surface area contributed by atoms with Gasteiger partial charge in [0.15, 0.2) is 5.75 Å². The minimum Gasteiger partial charge on any atom is -0.487 e. The van der Waals surface area contributed by atoms with Gasteiger partial charge in [0.25, 0.3) is 0 Å². The van der Waals surface area contributed by atoms with Crippen molar-refractivity contribution < 1.29 is 17.9 Å². The number of rotatable bonds is 2. The van der Waals surface area contributed by atoms with Crippen molar-refractivity contribution in [2.75, 3.05) is 13.1 Å². The fourth-order valence-corrected chi connectivity index (χ4v) is 1.97. The molecular formula is C11H11ClF3NO. The largest absolute Gasteiger partial charge is 0.487 e. The van der Waals surface area contributed by atoms with E-state index in [1.165, 1.54) is 12.1 Å².